The Hall–Kier alpha value is -1.46. The number of rotatable bonds is 4. The normalized spacial score (nSPS) is 13.0. The fourth-order valence-electron chi connectivity index (χ4n) is 2.38. The second-order valence-electron chi connectivity index (χ2n) is 4.92. The average molecular weight is 365 g/mol. The van der Waals surface area contributed by atoms with E-state index in [1.54, 1.807) is 18.2 Å². The summed E-state index contributed by atoms with van der Waals surface area (Å²) < 4.78 is 5.96. The van der Waals surface area contributed by atoms with Gasteiger partial charge in [-0.3, -0.25) is 4.79 Å². The van der Waals surface area contributed by atoms with Crippen LogP contribution < -0.4 is 0 Å². The van der Waals surface area contributed by atoms with Crippen molar-refractivity contribution in [2.24, 2.45) is 0 Å². The van der Waals surface area contributed by atoms with Gasteiger partial charge in [0.1, 0.15) is 4.88 Å². The zero-order valence-corrected chi connectivity index (χ0v) is 13.6. The molecule has 1 aliphatic rings. The molecule has 0 unspecified atom stereocenters. The summed E-state index contributed by atoms with van der Waals surface area (Å²) in [6, 6.07) is 8.95. The van der Waals surface area contributed by atoms with Crippen LogP contribution in [0.2, 0.25) is 0 Å². The van der Waals surface area contributed by atoms with Crippen LogP contribution >= 0.6 is 27.3 Å². The van der Waals surface area contributed by atoms with Gasteiger partial charge >= 0.3 is 5.97 Å². The van der Waals surface area contributed by atoms with Gasteiger partial charge in [-0.1, -0.05) is 28.1 Å². The molecule has 3 rings (SSSR count). The first-order valence-electron chi connectivity index (χ1n) is 6.71. The number of carbonyl (C=O) groups excluding carboxylic acids is 2. The van der Waals surface area contributed by atoms with Gasteiger partial charge in [-0.25, -0.2) is 4.79 Å². The third-order valence-corrected chi connectivity index (χ3v) is 5.14. The maximum atomic E-state index is 12.0. The van der Waals surface area contributed by atoms with Crippen LogP contribution in [0.3, 0.4) is 0 Å². The number of carbonyl (C=O) groups is 2. The van der Waals surface area contributed by atoms with E-state index in [1.165, 1.54) is 21.8 Å². The summed E-state index contributed by atoms with van der Waals surface area (Å²) in [5.41, 5.74) is 1.79. The Morgan fingerprint density at radius 3 is 2.86 bits per heavy atom. The third kappa shape index (κ3) is 3.24. The number of hydrogen-bond acceptors (Lipinski definition) is 4. The fraction of sp³-hybridized carbons (Fsp3) is 0.250. The van der Waals surface area contributed by atoms with Crippen LogP contribution in [0.1, 0.15) is 36.9 Å². The minimum absolute atomic E-state index is 0.200. The highest BCUT2D eigenvalue weighted by molar-refractivity contribution is 9.10. The Labute approximate surface area is 135 Å². The maximum absolute atomic E-state index is 12.0. The van der Waals surface area contributed by atoms with Crippen molar-refractivity contribution in [2.75, 3.05) is 6.61 Å². The first-order chi connectivity index (χ1) is 10.1. The van der Waals surface area contributed by atoms with Crippen LogP contribution in [-0.4, -0.2) is 18.4 Å². The molecule has 5 heteroatoms. The van der Waals surface area contributed by atoms with Crippen LogP contribution in [0, 0.1) is 0 Å². The van der Waals surface area contributed by atoms with Crippen molar-refractivity contribution in [3.8, 4) is 0 Å². The van der Waals surface area contributed by atoms with Crippen LogP contribution in [-0.2, 0) is 17.6 Å². The molecule has 2 aromatic rings. The van der Waals surface area contributed by atoms with Gasteiger partial charge in [-0.05, 0) is 43.0 Å². The Morgan fingerprint density at radius 1 is 1.24 bits per heavy atom. The minimum Gasteiger partial charge on any atom is -0.453 e. The fourth-order valence-corrected chi connectivity index (χ4v) is 3.92. The monoisotopic (exact) mass is 364 g/mol. The molecule has 0 spiro atoms. The lowest BCUT2D eigenvalue weighted by Crippen LogP contribution is -2.13. The van der Waals surface area contributed by atoms with Crippen molar-refractivity contribution < 1.29 is 14.3 Å². The zero-order valence-electron chi connectivity index (χ0n) is 11.2. The molecule has 3 nitrogen and oxygen atoms in total. The van der Waals surface area contributed by atoms with E-state index in [-0.39, 0.29) is 12.4 Å². The minimum atomic E-state index is -0.405. The summed E-state index contributed by atoms with van der Waals surface area (Å²) in [6.45, 7) is -0.224. The Balaban J connectivity index is 1.61. The predicted octanol–water partition coefficient (Wildman–Crippen LogP) is 4.04. The molecule has 0 saturated carbocycles. The smallest absolute Gasteiger partial charge is 0.348 e. The standard InChI is InChI=1S/C16H13BrO3S/c17-12-5-1-3-10(7-12)13(18)9-20-16(19)15-8-11-4-2-6-14(11)21-15/h1,3,5,7-8H,2,4,6,9H2. The summed E-state index contributed by atoms with van der Waals surface area (Å²) in [7, 11) is 0. The van der Waals surface area contributed by atoms with E-state index >= 15 is 0 Å². The Bertz CT molecular complexity index is 684. The van der Waals surface area contributed by atoms with Crippen molar-refractivity contribution in [1.29, 1.82) is 0 Å². The number of hydrogen-bond donors (Lipinski definition) is 0. The van der Waals surface area contributed by atoms with Crippen molar-refractivity contribution >= 4 is 39.0 Å². The summed E-state index contributed by atoms with van der Waals surface area (Å²) >= 11 is 4.80. The molecular formula is C16H13BrO3S. The SMILES string of the molecule is O=C(COC(=O)c1cc2c(s1)CCC2)c1cccc(Br)c1. The highest BCUT2D eigenvalue weighted by Gasteiger charge is 2.20. The molecule has 0 aliphatic heterocycles. The highest BCUT2D eigenvalue weighted by Crippen LogP contribution is 2.30. The molecule has 0 amide bonds. The predicted molar refractivity (Wildman–Crippen MR) is 85.1 cm³/mol. The molecule has 0 atom stereocenters. The molecule has 0 N–H and O–H groups in total. The van der Waals surface area contributed by atoms with Crippen LogP contribution in [0.25, 0.3) is 0 Å². The van der Waals surface area contributed by atoms with Gasteiger partial charge in [-0.15, -0.1) is 11.3 Å². The van der Waals surface area contributed by atoms with E-state index in [1.807, 2.05) is 12.1 Å². The summed E-state index contributed by atoms with van der Waals surface area (Å²) in [4.78, 5) is 25.8. The quantitative estimate of drug-likeness (QED) is 0.607. The van der Waals surface area contributed by atoms with Gasteiger partial charge in [-0.2, -0.15) is 0 Å². The summed E-state index contributed by atoms with van der Waals surface area (Å²) in [6.07, 6.45) is 3.25. The summed E-state index contributed by atoms with van der Waals surface area (Å²) in [5, 5.41) is 0. The molecule has 0 fully saturated rings. The lowest BCUT2D eigenvalue weighted by atomic mass is 10.1. The number of ketones is 1. The second kappa shape index (κ2) is 6.12. The number of halogens is 1. The van der Waals surface area contributed by atoms with Gasteiger partial charge in [0, 0.05) is 14.9 Å². The average Bonchev–Trinajstić information content (AvgIpc) is 3.05. The van der Waals surface area contributed by atoms with Gasteiger partial charge in [0.15, 0.2) is 12.4 Å². The van der Waals surface area contributed by atoms with Crippen LogP contribution in [0.5, 0.6) is 0 Å². The van der Waals surface area contributed by atoms with Crippen molar-refractivity contribution in [3.63, 3.8) is 0 Å². The van der Waals surface area contributed by atoms with E-state index in [0.29, 0.717) is 10.4 Å². The molecule has 1 heterocycles. The number of esters is 1. The number of ether oxygens (including phenoxy) is 1. The van der Waals surface area contributed by atoms with E-state index < -0.39 is 5.97 Å². The Morgan fingerprint density at radius 2 is 2.10 bits per heavy atom. The Kier molecular flexibility index (Phi) is 4.22. The molecule has 1 aromatic heterocycles. The van der Waals surface area contributed by atoms with Crippen LogP contribution in [0.15, 0.2) is 34.8 Å². The molecule has 0 bridgehead atoms. The molecule has 21 heavy (non-hydrogen) atoms. The maximum Gasteiger partial charge on any atom is 0.348 e. The first-order valence-corrected chi connectivity index (χ1v) is 8.32. The van der Waals surface area contributed by atoms with E-state index in [9.17, 15) is 9.59 Å². The largest absolute Gasteiger partial charge is 0.453 e. The second-order valence-corrected chi connectivity index (χ2v) is 6.97. The number of benzene rings is 1. The topological polar surface area (TPSA) is 43.4 Å². The number of thiophene rings is 1. The molecule has 0 saturated heterocycles. The number of Topliss-reactive ketones (excluding diaryl/α,β-unsaturated/α-hetero) is 1. The lowest BCUT2D eigenvalue weighted by molar-refractivity contribution is 0.0479. The lowest BCUT2D eigenvalue weighted by Gasteiger charge is -2.03. The van der Waals surface area contributed by atoms with E-state index in [4.69, 9.17) is 4.74 Å². The van der Waals surface area contributed by atoms with Crippen molar-refractivity contribution in [3.05, 3.63) is 55.7 Å². The van der Waals surface area contributed by atoms with E-state index in [0.717, 1.165) is 23.7 Å². The van der Waals surface area contributed by atoms with E-state index in [2.05, 4.69) is 15.9 Å². The number of fused-ring (bicyclic) bond motifs is 1. The van der Waals surface area contributed by atoms with Gasteiger partial charge in [0.05, 0.1) is 0 Å². The van der Waals surface area contributed by atoms with Crippen molar-refractivity contribution in [1.82, 2.24) is 0 Å². The van der Waals surface area contributed by atoms with Crippen LogP contribution in [0.4, 0.5) is 0 Å². The molecular weight excluding hydrogens is 352 g/mol. The zero-order chi connectivity index (χ0) is 14.8. The first kappa shape index (κ1) is 14.5. The molecule has 0 radical (unpaired) electrons. The van der Waals surface area contributed by atoms with Gasteiger partial charge in [0.2, 0.25) is 0 Å². The summed E-state index contributed by atoms with van der Waals surface area (Å²) in [5.74, 6) is -0.605. The van der Waals surface area contributed by atoms with Crippen molar-refractivity contribution in [2.45, 2.75) is 19.3 Å². The number of aryl methyl sites for hydroxylation is 2. The molecule has 1 aliphatic carbocycles. The van der Waals surface area contributed by atoms with Gasteiger partial charge < -0.3 is 4.74 Å². The highest BCUT2D eigenvalue weighted by atomic mass is 79.9. The molecule has 108 valence electrons. The van der Waals surface area contributed by atoms with Gasteiger partial charge in [0.25, 0.3) is 0 Å². The third-order valence-electron chi connectivity index (χ3n) is 3.43. The molecule has 1 aromatic carbocycles.